The number of aliphatic imine (C=N–C) groups is 1. The number of carbonyl (C=O) groups excluding carboxylic acids is 3. The lowest BCUT2D eigenvalue weighted by Gasteiger charge is -2.30. The van der Waals surface area contributed by atoms with Crippen molar-refractivity contribution in [2.24, 2.45) is 10.9 Å². The summed E-state index contributed by atoms with van der Waals surface area (Å²) < 4.78 is 0. The predicted octanol–water partition coefficient (Wildman–Crippen LogP) is 1.68. The highest BCUT2D eigenvalue weighted by atomic mass is 16.2. The lowest BCUT2D eigenvalue weighted by atomic mass is 9.96. The van der Waals surface area contributed by atoms with Gasteiger partial charge in [-0.2, -0.15) is 0 Å². The summed E-state index contributed by atoms with van der Waals surface area (Å²) in [6, 6.07) is 8.54. The summed E-state index contributed by atoms with van der Waals surface area (Å²) in [5, 5.41) is 2.29. The number of urea groups is 1. The van der Waals surface area contributed by atoms with Crippen LogP contribution in [0.5, 0.6) is 0 Å². The highest BCUT2D eigenvalue weighted by molar-refractivity contribution is 6.27. The number of nitrogens with zero attached hydrogens (tertiary/aromatic N) is 3. The van der Waals surface area contributed by atoms with Gasteiger partial charge in [-0.25, -0.2) is 4.79 Å². The zero-order valence-electron chi connectivity index (χ0n) is 15.6. The molecule has 1 atom stereocenters. The number of carbonyl (C=O) groups is 3. The minimum atomic E-state index is -1.03. The van der Waals surface area contributed by atoms with E-state index in [1.807, 2.05) is 51.4 Å². The summed E-state index contributed by atoms with van der Waals surface area (Å²) in [6.07, 6.45) is 1.32. The Labute approximate surface area is 154 Å². The summed E-state index contributed by atoms with van der Waals surface area (Å²) in [6.45, 7) is 3.42. The maximum atomic E-state index is 12.8. The van der Waals surface area contributed by atoms with Crippen molar-refractivity contribution in [2.45, 2.75) is 26.3 Å². The van der Waals surface area contributed by atoms with Crippen LogP contribution in [0.3, 0.4) is 0 Å². The fourth-order valence-corrected chi connectivity index (χ4v) is 2.84. The van der Waals surface area contributed by atoms with Crippen molar-refractivity contribution in [1.29, 1.82) is 0 Å². The third-order valence-electron chi connectivity index (χ3n) is 4.21. The van der Waals surface area contributed by atoms with Gasteiger partial charge in [0, 0.05) is 12.3 Å². The number of hydrogen-bond acceptors (Lipinski definition) is 5. The minimum absolute atomic E-state index is 0.132. The number of hydrogen-bond donors (Lipinski definition) is 1. The highest BCUT2D eigenvalue weighted by Crippen LogP contribution is 2.17. The van der Waals surface area contributed by atoms with Gasteiger partial charge in [-0.15, -0.1) is 0 Å². The Balaban J connectivity index is 2.15. The van der Waals surface area contributed by atoms with Gasteiger partial charge < -0.3 is 4.90 Å². The summed E-state index contributed by atoms with van der Waals surface area (Å²) in [7, 11) is 3.96. The molecule has 0 radical (unpaired) electrons. The van der Waals surface area contributed by atoms with Crippen molar-refractivity contribution < 1.29 is 14.4 Å². The van der Waals surface area contributed by atoms with E-state index in [9.17, 15) is 14.4 Å². The van der Waals surface area contributed by atoms with Gasteiger partial charge in [0.15, 0.2) is 5.92 Å². The van der Waals surface area contributed by atoms with Crippen molar-refractivity contribution in [1.82, 2.24) is 15.1 Å². The van der Waals surface area contributed by atoms with E-state index in [0.29, 0.717) is 18.7 Å². The second kappa shape index (κ2) is 9.24. The first-order chi connectivity index (χ1) is 12.4. The lowest BCUT2D eigenvalue weighted by Crippen LogP contribution is -2.59. The van der Waals surface area contributed by atoms with Crippen LogP contribution in [0.15, 0.2) is 35.3 Å². The van der Waals surface area contributed by atoms with Crippen molar-refractivity contribution in [3.63, 3.8) is 0 Å². The molecular weight excluding hydrogens is 332 g/mol. The third-order valence-corrected chi connectivity index (χ3v) is 4.21. The number of rotatable bonds is 8. The Bertz CT molecular complexity index is 685. The molecule has 7 nitrogen and oxygen atoms in total. The van der Waals surface area contributed by atoms with Crippen molar-refractivity contribution in [3.8, 4) is 0 Å². The number of benzene rings is 1. The summed E-state index contributed by atoms with van der Waals surface area (Å²) in [5.41, 5.74) is 1.35. The molecule has 7 heteroatoms. The van der Waals surface area contributed by atoms with Crippen LogP contribution in [0, 0.1) is 5.92 Å². The molecule has 1 aromatic rings. The molecule has 1 unspecified atom stereocenters. The van der Waals surface area contributed by atoms with Gasteiger partial charge in [-0.1, -0.05) is 37.3 Å². The first-order valence-electron chi connectivity index (χ1n) is 8.82. The molecule has 1 aliphatic rings. The van der Waals surface area contributed by atoms with Crippen LogP contribution in [0.1, 0.15) is 25.3 Å². The first-order valence-corrected chi connectivity index (χ1v) is 8.82. The standard InChI is InChI=1S/C19H26N4O3/c1-4-15(20-11-8-12-22(2)3)16-17(24)21-19(26)23(18(16)25)13-14-9-6-5-7-10-14/h5-7,9-10,16H,4,8,11-13H2,1-3H3,(H,21,24,26). The van der Waals surface area contributed by atoms with Crippen LogP contribution in [-0.4, -0.2) is 60.5 Å². The molecule has 0 saturated carbocycles. The van der Waals surface area contributed by atoms with Crippen molar-refractivity contribution >= 4 is 23.6 Å². The number of imide groups is 2. The molecule has 4 amide bonds. The van der Waals surface area contributed by atoms with E-state index < -0.39 is 23.8 Å². The third kappa shape index (κ3) is 4.98. The van der Waals surface area contributed by atoms with Crippen molar-refractivity contribution in [3.05, 3.63) is 35.9 Å². The molecule has 26 heavy (non-hydrogen) atoms. The maximum Gasteiger partial charge on any atom is 0.331 e. The fraction of sp³-hybridized carbons (Fsp3) is 0.474. The van der Waals surface area contributed by atoms with Crippen LogP contribution in [0.2, 0.25) is 0 Å². The molecule has 1 N–H and O–H groups in total. The molecule has 2 rings (SSSR count). The normalized spacial score (nSPS) is 18.5. The predicted molar refractivity (Wildman–Crippen MR) is 99.8 cm³/mol. The van der Waals surface area contributed by atoms with Gasteiger partial charge >= 0.3 is 6.03 Å². The van der Waals surface area contributed by atoms with Gasteiger partial charge in [0.2, 0.25) is 11.8 Å². The Morgan fingerprint density at radius 2 is 1.88 bits per heavy atom. The van der Waals surface area contributed by atoms with Crippen molar-refractivity contribution in [2.75, 3.05) is 27.2 Å². The highest BCUT2D eigenvalue weighted by Gasteiger charge is 2.42. The summed E-state index contributed by atoms with van der Waals surface area (Å²) in [5.74, 6) is -2.12. The van der Waals surface area contributed by atoms with Crippen LogP contribution >= 0.6 is 0 Å². The van der Waals surface area contributed by atoms with E-state index in [-0.39, 0.29) is 6.54 Å². The average molecular weight is 358 g/mol. The second-order valence-corrected chi connectivity index (χ2v) is 6.52. The summed E-state index contributed by atoms with van der Waals surface area (Å²) in [4.78, 5) is 44.9. The molecule has 140 valence electrons. The number of nitrogens with one attached hydrogen (secondary N) is 1. The van der Waals surface area contributed by atoms with Gasteiger partial charge in [-0.3, -0.25) is 24.8 Å². The molecule has 0 spiro atoms. The Kier molecular flexibility index (Phi) is 7.03. The lowest BCUT2D eigenvalue weighted by molar-refractivity contribution is -0.139. The maximum absolute atomic E-state index is 12.8. The van der Waals surface area contributed by atoms with Gasteiger partial charge in [-0.05, 0) is 39.0 Å². The summed E-state index contributed by atoms with van der Waals surface area (Å²) >= 11 is 0. The van der Waals surface area contributed by atoms with E-state index in [2.05, 4.69) is 15.2 Å². The smallest absolute Gasteiger partial charge is 0.309 e. The molecule has 0 aromatic heterocycles. The number of amides is 4. The fourth-order valence-electron chi connectivity index (χ4n) is 2.84. The molecule has 1 aromatic carbocycles. The topological polar surface area (TPSA) is 82.1 Å². The minimum Gasteiger partial charge on any atom is -0.309 e. The van der Waals surface area contributed by atoms with E-state index in [1.54, 1.807) is 0 Å². The van der Waals surface area contributed by atoms with Gasteiger partial charge in [0.1, 0.15) is 0 Å². The zero-order valence-corrected chi connectivity index (χ0v) is 15.6. The zero-order chi connectivity index (χ0) is 19.1. The average Bonchev–Trinajstić information content (AvgIpc) is 2.61. The van der Waals surface area contributed by atoms with Crippen LogP contribution in [0.4, 0.5) is 4.79 Å². The van der Waals surface area contributed by atoms with E-state index in [1.165, 1.54) is 0 Å². The SMILES string of the molecule is CCC(=NCCCN(C)C)C1C(=O)NC(=O)N(Cc2ccccc2)C1=O. The Hall–Kier alpha value is -2.54. The number of barbiturate groups is 1. The molecule has 1 heterocycles. The van der Waals surface area contributed by atoms with E-state index >= 15 is 0 Å². The monoisotopic (exact) mass is 358 g/mol. The van der Waals surface area contributed by atoms with Gasteiger partial charge in [0.05, 0.1) is 6.54 Å². The molecule has 0 bridgehead atoms. The molecular formula is C19H26N4O3. The molecule has 1 aliphatic heterocycles. The largest absolute Gasteiger partial charge is 0.331 e. The van der Waals surface area contributed by atoms with E-state index in [0.717, 1.165) is 23.4 Å². The van der Waals surface area contributed by atoms with E-state index in [4.69, 9.17) is 0 Å². The quantitative estimate of drug-likeness (QED) is 0.435. The van der Waals surface area contributed by atoms with Crippen LogP contribution in [0.25, 0.3) is 0 Å². The molecule has 1 saturated heterocycles. The van der Waals surface area contributed by atoms with Crippen LogP contribution < -0.4 is 5.32 Å². The first kappa shape index (κ1) is 19.8. The molecule has 1 fully saturated rings. The van der Waals surface area contributed by atoms with Gasteiger partial charge in [0.25, 0.3) is 0 Å². The van der Waals surface area contributed by atoms with Crippen LogP contribution in [-0.2, 0) is 16.1 Å². The Morgan fingerprint density at radius 1 is 1.19 bits per heavy atom. The molecule has 0 aliphatic carbocycles. The second-order valence-electron chi connectivity index (χ2n) is 6.52. The Morgan fingerprint density at radius 3 is 2.50 bits per heavy atom.